The molecule has 1 aliphatic rings. The first kappa shape index (κ1) is 11.7. The van der Waals surface area contributed by atoms with Gasteiger partial charge in [-0.05, 0) is 18.9 Å². The van der Waals surface area contributed by atoms with Crippen LogP contribution in [0.2, 0.25) is 0 Å². The molecular weight excluding hydrogens is 246 g/mol. The Balaban J connectivity index is 1.70. The second kappa shape index (κ2) is 4.72. The van der Waals surface area contributed by atoms with Gasteiger partial charge in [-0.15, -0.1) is 0 Å². The number of carboxylic acid groups (broad SMARTS) is 1. The van der Waals surface area contributed by atoms with Crippen molar-refractivity contribution >= 4 is 5.97 Å². The largest absolute Gasteiger partial charge is 0.486 e. The predicted octanol–water partition coefficient (Wildman–Crippen LogP) is 1.89. The summed E-state index contributed by atoms with van der Waals surface area (Å²) in [6.07, 6.45) is 8.74. The molecule has 0 unspecified atom stereocenters. The quantitative estimate of drug-likeness (QED) is 0.887. The number of rotatable bonds is 5. The van der Waals surface area contributed by atoms with E-state index in [1.807, 2.05) is 6.33 Å². The summed E-state index contributed by atoms with van der Waals surface area (Å²) < 4.78 is 7.68. The highest BCUT2D eigenvalue weighted by Gasteiger charge is 2.25. The van der Waals surface area contributed by atoms with Crippen LogP contribution in [0.25, 0.3) is 0 Å². The van der Waals surface area contributed by atoms with Crippen LogP contribution < -0.4 is 4.74 Å². The van der Waals surface area contributed by atoms with Crippen molar-refractivity contribution in [3.05, 3.63) is 42.2 Å². The molecule has 1 fully saturated rings. The minimum absolute atomic E-state index is 0.119. The molecule has 0 atom stereocenters. The van der Waals surface area contributed by atoms with Crippen LogP contribution in [0.5, 0.6) is 5.75 Å². The Labute approximate surface area is 109 Å². The van der Waals surface area contributed by atoms with Crippen molar-refractivity contribution < 1.29 is 14.6 Å². The first-order valence-corrected chi connectivity index (χ1v) is 6.06. The topological polar surface area (TPSA) is 77.2 Å². The molecule has 0 spiro atoms. The van der Waals surface area contributed by atoms with Crippen LogP contribution >= 0.6 is 0 Å². The van der Waals surface area contributed by atoms with Crippen LogP contribution in [0.1, 0.15) is 34.9 Å². The summed E-state index contributed by atoms with van der Waals surface area (Å²) >= 11 is 0. The first-order chi connectivity index (χ1) is 9.24. The number of nitrogens with zero attached hydrogens (tertiary/aromatic N) is 3. The summed E-state index contributed by atoms with van der Waals surface area (Å²) in [5.41, 5.74) is 1.11. The van der Waals surface area contributed by atoms with Gasteiger partial charge in [-0.25, -0.2) is 9.78 Å². The molecule has 6 heteroatoms. The molecule has 0 aromatic carbocycles. The van der Waals surface area contributed by atoms with Gasteiger partial charge in [-0.2, -0.15) is 0 Å². The SMILES string of the molecule is O=C(O)c1cncc(OCc2cncn2C2CC2)c1. The third kappa shape index (κ3) is 2.57. The van der Waals surface area contributed by atoms with E-state index in [0.29, 0.717) is 18.4 Å². The maximum Gasteiger partial charge on any atom is 0.337 e. The van der Waals surface area contributed by atoms with E-state index in [1.165, 1.54) is 31.3 Å². The Morgan fingerprint density at radius 3 is 2.95 bits per heavy atom. The number of hydrogen-bond acceptors (Lipinski definition) is 4. The van der Waals surface area contributed by atoms with Crippen LogP contribution in [-0.4, -0.2) is 25.6 Å². The maximum absolute atomic E-state index is 10.8. The molecule has 0 amide bonds. The third-order valence-electron chi connectivity index (χ3n) is 3.03. The summed E-state index contributed by atoms with van der Waals surface area (Å²) in [5.74, 6) is -0.565. The number of hydrogen-bond donors (Lipinski definition) is 1. The molecule has 1 N–H and O–H groups in total. The summed E-state index contributed by atoms with van der Waals surface area (Å²) in [6, 6.07) is 2.01. The smallest absolute Gasteiger partial charge is 0.337 e. The molecule has 0 bridgehead atoms. The molecule has 2 aromatic heterocycles. The molecule has 0 saturated heterocycles. The van der Waals surface area contributed by atoms with Crippen LogP contribution in [0.15, 0.2) is 31.0 Å². The normalized spacial score (nSPS) is 14.3. The van der Waals surface area contributed by atoms with Crippen LogP contribution in [0, 0.1) is 0 Å². The molecule has 1 saturated carbocycles. The number of aromatic carboxylic acids is 1. The highest BCUT2D eigenvalue weighted by molar-refractivity contribution is 5.87. The van der Waals surface area contributed by atoms with Gasteiger partial charge >= 0.3 is 5.97 Å². The molecule has 2 heterocycles. The number of carboxylic acids is 1. The molecule has 0 aliphatic heterocycles. The van der Waals surface area contributed by atoms with Gasteiger partial charge in [0.05, 0.1) is 30.0 Å². The maximum atomic E-state index is 10.8. The number of ether oxygens (including phenoxy) is 1. The summed E-state index contributed by atoms with van der Waals surface area (Å²) in [4.78, 5) is 18.8. The second-order valence-corrected chi connectivity index (χ2v) is 4.53. The average Bonchev–Trinajstić information content (AvgIpc) is 3.16. The highest BCUT2D eigenvalue weighted by Crippen LogP contribution is 2.35. The van der Waals surface area contributed by atoms with Crippen LogP contribution in [-0.2, 0) is 6.61 Å². The zero-order valence-corrected chi connectivity index (χ0v) is 10.2. The van der Waals surface area contributed by atoms with Crippen molar-refractivity contribution in [2.75, 3.05) is 0 Å². The van der Waals surface area contributed by atoms with Crippen molar-refractivity contribution in [3.8, 4) is 5.75 Å². The van der Waals surface area contributed by atoms with E-state index in [1.54, 1.807) is 6.20 Å². The molecule has 98 valence electrons. The van der Waals surface area contributed by atoms with Crippen molar-refractivity contribution in [2.24, 2.45) is 0 Å². The summed E-state index contributed by atoms with van der Waals surface area (Å²) in [7, 11) is 0. The van der Waals surface area contributed by atoms with Gasteiger partial charge in [-0.1, -0.05) is 0 Å². The minimum Gasteiger partial charge on any atom is -0.486 e. The van der Waals surface area contributed by atoms with Crippen molar-refractivity contribution in [2.45, 2.75) is 25.5 Å². The summed E-state index contributed by atoms with van der Waals surface area (Å²) in [5, 5.41) is 8.88. The lowest BCUT2D eigenvalue weighted by molar-refractivity contribution is 0.0696. The van der Waals surface area contributed by atoms with E-state index in [9.17, 15) is 4.79 Å². The monoisotopic (exact) mass is 259 g/mol. The number of carbonyl (C=O) groups is 1. The fraction of sp³-hybridized carbons (Fsp3) is 0.308. The zero-order valence-electron chi connectivity index (χ0n) is 10.2. The van der Waals surface area contributed by atoms with Crippen molar-refractivity contribution in [1.82, 2.24) is 14.5 Å². The van der Waals surface area contributed by atoms with Gasteiger partial charge in [0.2, 0.25) is 0 Å². The Kier molecular flexibility index (Phi) is 2.91. The number of pyridine rings is 1. The van der Waals surface area contributed by atoms with E-state index in [0.717, 1.165) is 5.69 Å². The van der Waals surface area contributed by atoms with Gasteiger partial charge < -0.3 is 14.4 Å². The average molecular weight is 259 g/mol. The van der Waals surface area contributed by atoms with Gasteiger partial charge in [-0.3, -0.25) is 4.98 Å². The van der Waals surface area contributed by atoms with Gasteiger partial charge in [0, 0.05) is 12.2 Å². The van der Waals surface area contributed by atoms with Crippen LogP contribution in [0.4, 0.5) is 0 Å². The van der Waals surface area contributed by atoms with E-state index >= 15 is 0 Å². The number of aromatic nitrogens is 3. The lowest BCUT2D eigenvalue weighted by atomic mass is 10.3. The van der Waals surface area contributed by atoms with Gasteiger partial charge in [0.25, 0.3) is 0 Å². The molecule has 0 radical (unpaired) electrons. The van der Waals surface area contributed by atoms with E-state index in [2.05, 4.69) is 14.5 Å². The first-order valence-electron chi connectivity index (χ1n) is 6.06. The van der Waals surface area contributed by atoms with E-state index in [-0.39, 0.29) is 5.56 Å². The predicted molar refractivity (Wildman–Crippen MR) is 66.0 cm³/mol. The summed E-state index contributed by atoms with van der Waals surface area (Å²) in [6.45, 7) is 0.362. The van der Waals surface area contributed by atoms with E-state index < -0.39 is 5.97 Å². The van der Waals surface area contributed by atoms with Crippen LogP contribution in [0.3, 0.4) is 0 Å². The fourth-order valence-corrected chi connectivity index (χ4v) is 1.90. The third-order valence-corrected chi connectivity index (χ3v) is 3.03. The second-order valence-electron chi connectivity index (χ2n) is 4.53. The van der Waals surface area contributed by atoms with Gasteiger partial charge in [0.15, 0.2) is 0 Å². The lowest BCUT2D eigenvalue weighted by Gasteiger charge is -2.08. The Hall–Kier alpha value is -2.37. The lowest BCUT2D eigenvalue weighted by Crippen LogP contribution is -2.04. The van der Waals surface area contributed by atoms with Crippen molar-refractivity contribution in [1.29, 1.82) is 0 Å². The Morgan fingerprint density at radius 1 is 1.37 bits per heavy atom. The molecule has 2 aromatic rings. The highest BCUT2D eigenvalue weighted by atomic mass is 16.5. The fourth-order valence-electron chi connectivity index (χ4n) is 1.90. The van der Waals surface area contributed by atoms with E-state index in [4.69, 9.17) is 9.84 Å². The standard InChI is InChI=1S/C13H13N3O3/c17-13(18)9-3-12(6-14-4-9)19-7-11-5-15-8-16(11)10-1-2-10/h3-6,8,10H,1-2,7H2,(H,17,18). The molecule has 6 nitrogen and oxygen atoms in total. The Morgan fingerprint density at radius 2 is 2.21 bits per heavy atom. The van der Waals surface area contributed by atoms with Crippen molar-refractivity contribution in [3.63, 3.8) is 0 Å². The molecule has 3 rings (SSSR count). The Bertz CT molecular complexity index is 605. The minimum atomic E-state index is -1.01. The molecule has 1 aliphatic carbocycles. The van der Waals surface area contributed by atoms with Gasteiger partial charge in [0.1, 0.15) is 12.4 Å². The zero-order chi connectivity index (χ0) is 13.2. The number of imidazole rings is 1. The molecular formula is C13H13N3O3. The molecule has 19 heavy (non-hydrogen) atoms.